The summed E-state index contributed by atoms with van der Waals surface area (Å²) in [5, 5.41) is 4.97. The molecule has 2 aliphatic heterocycles. The lowest BCUT2D eigenvalue weighted by molar-refractivity contribution is -0.134. The number of rotatable bonds is 8. The summed E-state index contributed by atoms with van der Waals surface area (Å²) in [6, 6.07) is 7.14. The fraction of sp³-hybridized carbons (Fsp3) is 0.667. The van der Waals surface area contributed by atoms with Crippen LogP contribution in [-0.4, -0.2) is 83.1 Å². The Bertz CT molecular complexity index is 1090. The number of ether oxygens (including phenoxy) is 2. The minimum atomic E-state index is -0.714. The van der Waals surface area contributed by atoms with E-state index in [1.165, 1.54) is 0 Å². The van der Waals surface area contributed by atoms with E-state index in [0.717, 1.165) is 45.3 Å². The van der Waals surface area contributed by atoms with Crippen LogP contribution in [0, 0.1) is 5.92 Å². The molecule has 40 heavy (non-hydrogen) atoms. The highest BCUT2D eigenvalue weighted by Crippen LogP contribution is 2.33. The van der Waals surface area contributed by atoms with Crippen molar-refractivity contribution in [2.24, 2.45) is 5.92 Å². The summed E-state index contributed by atoms with van der Waals surface area (Å²) in [5.74, 6) is 0.0193. The van der Waals surface area contributed by atoms with Crippen LogP contribution in [-0.2, 0) is 14.3 Å². The maximum atomic E-state index is 12.7. The largest absolute Gasteiger partial charge is 0.490 e. The summed E-state index contributed by atoms with van der Waals surface area (Å²) in [4.78, 5) is 52.8. The Morgan fingerprint density at radius 2 is 1.82 bits per heavy atom. The molecule has 1 saturated carbocycles. The van der Waals surface area contributed by atoms with Crippen LogP contribution in [0.3, 0.4) is 0 Å². The molecule has 1 atom stereocenters. The number of hydrogen-bond donors (Lipinski definition) is 2. The van der Waals surface area contributed by atoms with Crippen LogP contribution < -0.4 is 15.4 Å². The lowest BCUT2D eigenvalue weighted by Gasteiger charge is -2.46. The van der Waals surface area contributed by atoms with Crippen molar-refractivity contribution < 1.29 is 28.7 Å². The number of hydrogen-bond acceptors (Lipinski definition) is 7. The molecule has 0 unspecified atom stereocenters. The van der Waals surface area contributed by atoms with Gasteiger partial charge in [0.25, 0.3) is 5.91 Å². The van der Waals surface area contributed by atoms with Gasteiger partial charge >= 0.3 is 6.09 Å². The second kappa shape index (κ2) is 12.6. The van der Waals surface area contributed by atoms with Crippen LogP contribution in [0.2, 0.25) is 0 Å². The van der Waals surface area contributed by atoms with E-state index in [1.54, 1.807) is 18.2 Å². The molecule has 1 aromatic carbocycles. The van der Waals surface area contributed by atoms with Gasteiger partial charge in [-0.25, -0.2) is 4.79 Å². The van der Waals surface area contributed by atoms with Crippen molar-refractivity contribution in [1.82, 2.24) is 20.4 Å². The maximum Gasteiger partial charge on any atom is 0.410 e. The molecule has 220 valence electrons. The molecule has 0 radical (unpaired) electrons. The SMILES string of the molecule is CC(C)N(CC1CCN(C(=O)OC(C)(C)C)CC1)C1CC(Oc2cccc(C(=O)N[C@@H]3CCC(=O)NC3=O)c2)C1. The Morgan fingerprint density at radius 1 is 1.12 bits per heavy atom. The van der Waals surface area contributed by atoms with Gasteiger partial charge in [-0.3, -0.25) is 24.6 Å². The maximum absolute atomic E-state index is 12.7. The molecular weight excluding hydrogens is 512 g/mol. The Balaban J connectivity index is 1.23. The van der Waals surface area contributed by atoms with Gasteiger partial charge < -0.3 is 19.7 Å². The Labute approximate surface area is 237 Å². The zero-order valence-electron chi connectivity index (χ0n) is 24.4. The third kappa shape index (κ3) is 7.96. The zero-order valence-corrected chi connectivity index (χ0v) is 24.4. The summed E-state index contributed by atoms with van der Waals surface area (Å²) in [6.45, 7) is 12.6. The molecule has 2 heterocycles. The van der Waals surface area contributed by atoms with Crippen LogP contribution in [0.25, 0.3) is 0 Å². The van der Waals surface area contributed by atoms with E-state index in [1.807, 2.05) is 31.7 Å². The summed E-state index contributed by atoms with van der Waals surface area (Å²) >= 11 is 0. The quantitative estimate of drug-likeness (QED) is 0.471. The minimum absolute atomic E-state index is 0.0775. The van der Waals surface area contributed by atoms with Gasteiger partial charge in [-0.15, -0.1) is 0 Å². The van der Waals surface area contributed by atoms with Crippen LogP contribution in [0.5, 0.6) is 5.75 Å². The van der Waals surface area contributed by atoms with Gasteiger partial charge in [0, 0.05) is 56.5 Å². The van der Waals surface area contributed by atoms with Crippen LogP contribution >= 0.6 is 0 Å². The zero-order chi connectivity index (χ0) is 29.0. The molecular formula is C30H44N4O6. The topological polar surface area (TPSA) is 117 Å². The van der Waals surface area contributed by atoms with Crippen LogP contribution in [0.1, 0.15) is 83.5 Å². The Hall–Kier alpha value is -3.14. The molecule has 2 saturated heterocycles. The molecule has 10 heteroatoms. The van der Waals surface area contributed by atoms with E-state index >= 15 is 0 Å². The van der Waals surface area contributed by atoms with Crippen molar-refractivity contribution in [2.45, 2.75) is 103 Å². The summed E-state index contributed by atoms with van der Waals surface area (Å²) < 4.78 is 11.7. The van der Waals surface area contributed by atoms with Crippen molar-refractivity contribution in [3.63, 3.8) is 0 Å². The van der Waals surface area contributed by atoms with Gasteiger partial charge in [0.15, 0.2) is 0 Å². The van der Waals surface area contributed by atoms with E-state index in [0.29, 0.717) is 35.7 Å². The average molecular weight is 557 g/mol. The van der Waals surface area contributed by atoms with E-state index in [9.17, 15) is 19.2 Å². The van der Waals surface area contributed by atoms with E-state index in [4.69, 9.17) is 9.47 Å². The second-order valence-corrected chi connectivity index (χ2v) is 12.6. The smallest absolute Gasteiger partial charge is 0.410 e. The fourth-order valence-corrected chi connectivity index (χ4v) is 5.59. The van der Waals surface area contributed by atoms with Crippen molar-refractivity contribution >= 4 is 23.8 Å². The van der Waals surface area contributed by atoms with Gasteiger partial charge in [-0.2, -0.15) is 0 Å². The number of benzene rings is 1. The number of piperidine rings is 2. The standard InChI is InChI=1S/C30H44N4O6/c1-19(2)34(18-20-11-13-33(14-12-20)29(38)40-30(3,4)5)22-16-24(17-22)39-23-8-6-7-21(15-23)27(36)31-25-9-10-26(35)32-28(25)37/h6-8,15,19-20,22,24-25H,9-14,16-18H2,1-5H3,(H,31,36)(H,32,35,37)/t22?,24?,25-/m1/s1. The summed E-state index contributed by atoms with van der Waals surface area (Å²) in [5.41, 5.74) is -0.0611. The molecule has 4 rings (SSSR count). The lowest BCUT2D eigenvalue weighted by atomic mass is 9.85. The lowest BCUT2D eigenvalue weighted by Crippen LogP contribution is -2.54. The number of imide groups is 1. The van der Waals surface area contributed by atoms with Gasteiger partial charge in [0.1, 0.15) is 23.5 Å². The highest BCUT2D eigenvalue weighted by molar-refractivity contribution is 6.03. The number of amides is 4. The highest BCUT2D eigenvalue weighted by atomic mass is 16.6. The Morgan fingerprint density at radius 3 is 2.45 bits per heavy atom. The number of likely N-dealkylation sites (tertiary alicyclic amines) is 1. The molecule has 1 aromatic rings. The van der Waals surface area contributed by atoms with Crippen molar-refractivity contribution in [1.29, 1.82) is 0 Å². The van der Waals surface area contributed by atoms with Gasteiger partial charge in [-0.05, 0) is 78.0 Å². The third-order valence-corrected chi connectivity index (χ3v) is 7.88. The first-order valence-corrected chi connectivity index (χ1v) is 14.5. The molecule has 2 N–H and O–H groups in total. The first-order valence-electron chi connectivity index (χ1n) is 14.5. The number of carbonyl (C=O) groups is 4. The molecule has 10 nitrogen and oxygen atoms in total. The van der Waals surface area contributed by atoms with E-state index in [2.05, 4.69) is 29.4 Å². The van der Waals surface area contributed by atoms with E-state index in [-0.39, 0.29) is 30.4 Å². The summed E-state index contributed by atoms with van der Waals surface area (Å²) in [6.07, 6.45) is 4.15. The normalized spacial score (nSPS) is 24.0. The number of nitrogens with zero attached hydrogens (tertiary/aromatic N) is 2. The second-order valence-electron chi connectivity index (χ2n) is 12.6. The van der Waals surface area contributed by atoms with Crippen molar-refractivity contribution in [3.8, 4) is 5.75 Å². The number of carbonyl (C=O) groups excluding carboxylic acids is 4. The predicted molar refractivity (Wildman–Crippen MR) is 150 cm³/mol. The third-order valence-electron chi connectivity index (χ3n) is 7.88. The fourth-order valence-electron chi connectivity index (χ4n) is 5.59. The average Bonchev–Trinajstić information content (AvgIpc) is 2.86. The molecule has 4 amide bonds. The van der Waals surface area contributed by atoms with E-state index < -0.39 is 17.6 Å². The monoisotopic (exact) mass is 556 g/mol. The molecule has 0 aromatic heterocycles. The van der Waals surface area contributed by atoms with Crippen LogP contribution in [0.15, 0.2) is 24.3 Å². The van der Waals surface area contributed by atoms with Crippen molar-refractivity contribution in [2.75, 3.05) is 19.6 Å². The molecule has 1 aliphatic carbocycles. The van der Waals surface area contributed by atoms with Crippen molar-refractivity contribution in [3.05, 3.63) is 29.8 Å². The predicted octanol–water partition coefficient (Wildman–Crippen LogP) is 3.49. The van der Waals surface area contributed by atoms with Gasteiger partial charge in [-0.1, -0.05) is 6.07 Å². The minimum Gasteiger partial charge on any atom is -0.490 e. The molecule has 3 fully saturated rings. The highest BCUT2D eigenvalue weighted by Gasteiger charge is 2.38. The van der Waals surface area contributed by atoms with Gasteiger partial charge in [0.2, 0.25) is 11.8 Å². The first kappa shape index (κ1) is 29.8. The molecule has 0 spiro atoms. The van der Waals surface area contributed by atoms with Gasteiger partial charge in [0.05, 0.1) is 0 Å². The molecule has 0 bridgehead atoms. The first-order chi connectivity index (χ1) is 18.9. The Kier molecular flexibility index (Phi) is 9.38. The number of nitrogens with one attached hydrogen (secondary N) is 2. The molecule has 3 aliphatic rings. The van der Waals surface area contributed by atoms with Crippen LogP contribution in [0.4, 0.5) is 4.79 Å². The summed E-state index contributed by atoms with van der Waals surface area (Å²) in [7, 11) is 0.